The number of benzene rings is 1. The van der Waals surface area contributed by atoms with Gasteiger partial charge in [-0.15, -0.1) is 0 Å². The molecule has 0 aliphatic rings. The molecule has 0 amide bonds. The lowest BCUT2D eigenvalue weighted by Gasteiger charge is -2.21. The van der Waals surface area contributed by atoms with E-state index in [1.165, 1.54) is 16.7 Å². The Kier molecular flexibility index (Phi) is 5.04. The molecule has 1 rings (SSSR count). The van der Waals surface area contributed by atoms with Crippen LogP contribution >= 0.6 is 22.6 Å². The maximum absolute atomic E-state index is 4.06. The zero-order valence-electron chi connectivity index (χ0n) is 8.53. The molecule has 0 saturated heterocycles. The zero-order valence-corrected chi connectivity index (χ0v) is 10.2. The van der Waals surface area contributed by atoms with E-state index in [4.69, 9.17) is 0 Å². The number of thiol groups is 1. The van der Waals surface area contributed by atoms with Gasteiger partial charge in [0.05, 0.1) is 0 Å². The van der Waals surface area contributed by atoms with Gasteiger partial charge in [0.1, 0.15) is 0 Å². The molecule has 0 bridgehead atoms. The normalized spacial score (nSPS) is 9.93. The Morgan fingerprint density at radius 3 is 2.64 bits per heavy atom. The third kappa shape index (κ3) is 3.03. The fourth-order valence-electron chi connectivity index (χ4n) is 1.41. The van der Waals surface area contributed by atoms with Gasteiger partial charge >= 0.3 is 0 Å². The first-order chi connectivity index (χ1) is 6.81. The van der Waals surface area contributed by atoms with Gasteiger partial charge in [-0.3, -0.25) is 0 Å². The average molecular weight is 228 g/mol. The molecule has 0 heterocycles. The summed E-state index contributed by atoms with van der Waals surface area (Å²) in [5.74, 6) is 0. The summed E-state index contributed by atoms with van der Waals surface area (Å²) in [7, 11) is 1.32. The van der Waals surface area contributed by atoms with Gasteiger partial charge in [-0.05, 0) is 32.0 Å². The Bertz CT molecular complexity index is 275. The molecule has 0 unspecified atom stereocenters. The van der Waals surface area contributed by atoms with Crippen molar-refractivity contribution in [2.45, 2.75) is 13.8 Å². The van der Waals surface area contributed by atoms with Crippen LogP contribution in [0.3, 0.4) is 0 Å². The van der Waals surface area contributed by atoms with E-state index in [1.807, 2.05) is 6.07 Å². The summed E-state index contributed by atoms with van der Waals surface area (Å²) in [5, 5.41) is 0. The fraction of sp³-hybridized carbons (Fsp3) is 0.400. The first-order valence-corrected chi connectivity index (χ1v) is 6.60. The van der Waals surface area contributed by atoms with E-state index < -0.39 is 0 Å². The second-order valence-corrected chi connectivity index (χ2v) is 3.85. The van der Waals surface area contributed by atoms with Crippen molar-refractivity contribution in [3.05, 3.63) is 24.3 Å². The largest absolute Gasteiger partial charge is 0.372 e. The molecule has 0 radical (unpaired) electrons. The summed E-state index contributed by atoms with van der Waals surface area (Å²) in [6.45, 7) is 6.40. The highest BCUT2D eigenvalue weighted by atomic mass is 33.1. The van der Waals surface area contributed by atoms with E-state index in [2.05, 4.69) is 53.3 Å². The van der Waals surface area contributed by atoms with Crippen LogP contribution in [0.1, 0.15) is 13.8 Å². The Hall–Kier alpha value is -0.480. The van der Waals surface area contributed by atoms with Crippen LogP contribution in [0.4, 0.5) is 11.4 Å². The van der Waals surface area contributed by atoms with Crippen LogP contribution in [0.25, 0.3) is 0 Å². The summed E-state index contributed by atoms with van der Waals surface area (Å²) in [4.78, 5) is 2.31. The smallest absolute Gasteiger partial charge is 0.0468 e. The van der Waals surface area contributed by atoms with Crippen molar-refractivity contribution < 1.29 is 0 Å². The quantitative estimate of drug-likeness (QED) is 0.456. The van der Waals surface area contributed by atoms with Crippen molar-refractivity contribution in [2.24, 2.45) is 0 Å². The number of hydrogen-bond donors (Lipinski definition) is 2. The highest BCUT2D eigenvalue weighted by Gasteiger charge is 2.01. The number of rotatable bonds is 5. The van der Waals surface area contributed by atoms with Gasteiger partial charge in [-0.1, -0.05) is 17.7 Å². The van der Waals surface area contributed by atoms with E-state index >= 15 is 0 Å². The molecule has 0 atom stereocenters. The van der Waals surface area contributed by atoms with Gasteiger partial charge in [0.15, 0.2) is 0 Å². The molecule has 0 spiro atoms. The summed E-state index contributed by atoms with van der Waals surface area (Å²) in [5.41, 5.74) is 2.34. The van der Waals surface area contributed by atoms with Crippen LogP contribution < -0.4 is 9.62 Å². The second kappa shape index (κ2) is 6.09. The lowest BCUT2D eigenvalue weighted by atomic mass is 10.2. The Labute approximate surface area is 95.0 Å². The molecule has 0 aliphatic carbocycles. The third-order valence-electron chi connectivity index (χ3n) is 2.14. The van der Waals surface area contributed by atoms with Crippen molar-refractivity contribution in [1.82, 2.24) is 0 Å². The first kappa shape index (κ1) is 11.6. The average Bonchev–Trinajstić information content (AvgIpc) is 2.21. The van der Waals surface area contributed by atoms with E-state index in [9.17, 15) is 0 Å². The summed E-state index contributed by atoms with van der Waals surface area (Å²) >= 11 is 4.06. The maximum Gasteiger partial charge on any atom is 0.0468 e. The van der Waals surface area contributed by atoms with Crippen molar-refractivity contribution in [2.75, 3.05) is 22.7 Å². The van der Waals surface area contributed by atoms with Gasteiger partial charge in [0.2, 0.25) is 0 Å². The minimum absolute atomic E-state index is 1.04. The first-order valence-electron chi connectivity index (χ1n) is 4.73. The molecule has 1 aromatic rings. The van der Waals surface area contributed by atoms with Crippen molar-refractivity contribution in [3.63, 3.8) is 0 Å². The van der Waals surface area contributed by atoms with Gasteiger partial charge in [-0.2, -0.15) is 0 Å². The monoisotopic (exact) mass is 228 g/mol. The van der Waals surface area contributed by atoms with Crippen molar-refractivity contribution in [3.8, 4) is 0 Å². The van der Waals surface area contributed by atoms with Crippen LogP contribution in [0.5, 0.6) is 0 Å². The minimum atomic E-state index is 1.04. The minimum Gasteiger partial charge on any atom is -0.372 e. The summed E-state index contributed by atoms with van der Waals surface area (Å²) in [6.07, 6.45) is 0. The van der Waals surface area contributed by atoms with Gasteiger partial charge in [0.25, 0.3) is 0 Å². The highest BCUT2D eigenvalue weighted by Crippen LogP contribution is 2.21. The predicted molar refractivity (Wildman–Crippen MR) is 70.2 cm³/mol. The highest BCUT2D eigenvalue weighted by molar-refractivity contribution is 8.69. The second-order valence-electron chi connectivity index (χ2n) is 2.92. The van der Waals surface area contributed by atoms with Crippen LogP contribution in [0, 0.1) is 0 Å². The molecule has 0 aliphatic heterocycles. The molecule has 1 aromatic carbocycles. The Morgan fingerprint density at radius 1 is 1.36 bits per heavy atom. The molecule has 4 heteroatoms. The third-order valence-corrected chi connectivity index (χ3v) is 2.74. The van der Waals surface area contributed by atoms with Gasteiger partial charge in [-0.25, -0.2) is 0 Å². The lowest BCUT2D eigenvalue weighted by molar-refractivity contribution is 0.867. The van der Waals surface area contributed by atoms with E-state index in [-0.39, 0.29) is 0 Å². The van der Waals surface area contributed by atoms with Crippen LogP contribution in [-0.4, -0.2) is 13.1 Å². The molecule has 1 N–H and O–H groups in total. The molecule has 2 nitrogen and oxygen atoms in total. The summed E-state index contributed by atoms with van der Waals surface area (Å²) in [6, 6.07) is 8.35. The number of hydrogen-bond acceptors (Lipinski definition) is 4. The maximum atomic E-state index is 4.06. The van der Waals surface area contributed by atoms with Crippen LogP contribution in [0.15, 0.2) is 24.3 Å². The molecular formula is C10H16N2S2. The summed E-state index contributed by atoms with van der Waals surface area (Å²) < 4.78 is 3.11. The van der Waals surface area contributed by atoms with Gasteiger partial charge < -0.3 is 9.62 Å². The predicted octanol–water partition coefficient (Wildman–Crippen LogP) is 3.44. The molecule has 14 heavy (non-hydrogen) atoms. The van der Waals surface area contributed by atoms with Crippen molar-refractivity contribution >= 4 is 34.0 Å². The molecule has 0 fully saturated rings. The van der Waals surface area contributed by atoms with Gasteiger partial charge in [0, 0.05) is 35.4 Å². The molecule has 0 aromatic heterocycles. The Morgan fingerprint density at radius 2 is 2.07 bits per heavy atom. The standard InChI is InChI=1S/C10H16N2S2/c1-3-12(4-2)10-7-5-6-9(8-10)11-14-13/h5-8,11,13H,3-4H2,1-2H3. The van der Waals surface area contributed by atoms with Crippen molar-refractivity contribution in [1.29, 1.82) is 0 Å². The van der Waals surface area contributed by atoms with Crippen LogP contribution in [-0.2, 0) is 0 Å². The zero-order chi connectivity index (χ0) is 10.4. The Balaban J connectivity index is 2.81. The molecule has 0 saturated carbocycles. The number of nitrogens with zero attached hydrogens (tertiary/aromatic N) is 1. The fourth-order valence-corrected chi connectivity index (χ4v) is 1.96. The van der Waals surface area contributed by atoms with E-state index in [1.54, 1.807) is 0 Å². The molecule has 78 valence electrons. The lowest BCUT2D eigenvalue weighted by Crippen LogP contribution is -2.21. The number of anilines is 2. The van der Waals surface area contributed by atoms with E-state index in [0.29, 0.717) is 0 Å². The van der Waals surface area contributed by atoms with Crippen LogP contribution in [0.2, 0.25) is 0 Å². The molecular weight excluding hydrogens is 212 g/mol. The topological polar surface area (TPSA) is 15.3 Å². The van der Waals surface area contributed by atoms with E-state index in [0.717, 1.165) is 18.8 Å². The number of nitrogens with one attached hydrogen (secondary N) is 1. The SMILES string of the molecule is CCN(CC)c1cccc(NSS)c1.